The number of thioether (sulfide) groups is 1. The highest BCUT2D eigenvalue weighted by Gasteiger charge is 2.23. The molecule has 1 aromatic heterocycles. The van der Waals surface area contributed by atoms with Gasteiger partial charge in [-0.25, -0.2) is 0 Å². The topological polar surface area (TPSA) is 59.8 Å². The van der Waals surface area contributed by atoms with Gasteiger partial charge in [0.25, 0.3) is 5.91 Å². The van der Waals surface area contributed by atoms with E-state index in [1.165, 1.54) is 5.56 Å². The van der Waals surface area contributed by atoms with Crippen LogP contribution in [-0.4, -0.2) is 20.7 Å². The normalized spacial score (nSPS) is 11.9. The van der Waals surface area contributed by atoms with Gasteiger partial charge in [0.05, 0.1) is 16.8 Å². The van der Waals surface area contributed by atoms with Crippen LogP contribution in [0.25, 0.3) is 5.69 Å². The lowest BCUT2D eigenvalue weighted by Gasteiger charge is -2.17. The van der Waals surface area contributed by atoms with Crippen molar-refractivity contribution in [2.75, 3.05) is 0 Å². The van der Waals surface area contributed by atoms with Crippen LogP contribution in [0.15, 0.2) is 78.0 Å². The van der Waals surface area contributed by atoms with Crippen LogP contribution in [0, 0.1) is 0 Å². The standard InChI is InChI=1S/C26H24Cl2N4OS/c1-3-18-9-11-20(12-10-18)25(33)29-17(2)24-30-31-26(34-16-19-7-5-4-6-8-19)32(24)23-15-21(27)13-14-22(23)28/h4-15,17H,3,16H2,1-2H3,(H,29,33). The van der Waals surface area contributed by atoms with E-state index in [2.05, 4.69) is 34.6 Å². The van der Waals surface area contributed by atoms with Gasteiger partial charge in [0.15, 0.2) is 11.0 Å². The Hall–Kier alpha value is -2.80. The molecule has 4 aromatic rings. The van der Waals surface area contributed by atoms with Gasteiger partial charge in [-0.05, 0) is 54.8 Å². The summed E-state index contributed by atoms with van der Waals surface area (Å²) in [6.45, 7) is 3.96. The Morgan fingerprint density at radius 3 is 2.44 bits per heavy atom. The molecule has 34 heavy (non-hydrogen) atoms. The number of carbonyl (C=O) groups is 1. The quantitative estimate of drug-likeness (QED) is 0.261. The number of carbonyl (C=O) groups excluding carboxylic acids is 1. The summed E-state index contributed by atoms with van der Waals surface area (Å²) in [5.74, 6) is 1.10. The lowest BCUT2D eigenvalue weighted by Crippen LogP contribution is -2.28. The first-order valence-corrected chi connectivity index (χ1v) is 12.7. The number of aryl methyl sites for hydroxylation is 1. The summed E-state index contributed by atoms with van der Waals surface area (Å²) in [6, 6.07) is 22.6. The molecule has 0 radical (unpaired) electrons. The molecule has 0 saturated carbocycles. The number of hydrogen-bond acceptors (Lipinski definition) is 4. The van der Waals surface area contributed by atoms with Gasteiger partial charge >= 0.3 is 0 Å². The molecule has 8 heteroatoms. The van der Waals surface area contributed by atoms with Crippen LogP contribution in [-0.2, 0) is 12.2 Å². The van der Waals surface area contributed by atoms with Gasteiger partial charge in [0.1, 0.15) is 0 Å². The molecule has 1 N–H and O–H groups in total. The second-order valence-corrected chi connectivity index (χ2v) is 9.58. The molecule has 1 unspecified atom stereocenters. The molecule has 1 amide bonds. The summed E-state index contributed by atoms with van der Waals surface area (Å²) in [6.07, 6.45) is 0.922. The average molecular weight is 511 g/mol. The van der Waals surface area contributed by atoms with Crippen LogP contribution < -0.4 is 5.32 Å². The van der Waals surface area contributed by atoms with Crippen LogP contribution in [0.2, 0.25) is 10.0 Å². The van der Waals surface area contributed by atoms with Crippen LogP contribution in [0.5, 0.6) is 0 Å². The lowest BCUT2D eigenvalue weighted by atomic mass is 10.1. The fraction of sp³-hybridized carbons (Fsp3) is 0.192. The minimum atomic E-state index is -0.424. The first-order chi connectivity index (χ1) is 16.5. The molecule has 174 valence electrons. The molecule has 5 nitrogen and oxygen atoms in total. The average Bonchev–Trinajstić information content (AvgIpc) is 3.28. The van der Waals surface area contributed by atoms with E-state index in [0.29, 0.717) is 38.0 Å². The number of rotatable bonds is 8. The number of aromatic nitrogens is 3. The van der Waals surface area contributed by atoms with Gasteiger partial charge in [0, 0.05) is 16.3 Å². The monoisotopic (exact) mass is 510 g/mol. The third-order valence-corrected chi connectivity index (χ3v) is 6.93. The van der Waals surface area contributed by atoms with E-state index in [1.807, 2.05) is 54.0 Å². The first kappa shape index (κ1) is 24.3. The lowest BCUT2D eigenvalue weighted by molar-refractivity contribution is 0.0938. The molecule has 0 aliphatic carbocycles. The Balaban J connectivity index is 1.64. The van der Waals surface area contributed by atoms with Crippen molar-refractivity contribution in [1.82, 2.24) is 20.1 Å². The highest BCUT2D eigenvalue weighted by atomic mass is 35.5. The van der Waals surface area contributed by atoms with Crippen molar-refractivity contribution in [3.8, 4) is 5.69 Å². The summed E-state index contributed by atoms with van der Waals surface area (Å²) in [7, 11) is 0. The minimum Gasteiger partial charge on any atom is -0.342 e. The van der Waals surface area contributed by atoms with E-state index < -0.39 is 6.04 Å². The zero-order valence-electron chi connectivity index (χ0n) is 18.8. The molecule has 0 aliphatic heterocycles. The summed E-state index contributed by atoms with van der Waals surface area (Å²) in [5.41, 5.74) is 3.60. The molecule has 0 aliphatic rings. The van der Waals surface area contributed by atoms with Gasteiger partial charge in [-0.1, -0.05) is 84.4 Å². The maximum absolute atomic E-state index is 12.9. The molecule has 1 heterocycles. The zero-order valence-corrected chi connectivity index (χ0v) is 21.2. The van der Waals surface area contributed by atoms with E-state index in [4.69, 9.17) is 23.2 Å². The van der Waals surface area contributed by atoms with Gasteiger partial charge in [-0.15, -0.1) is 10.2 Å². The molecule has 4 rings (SSSR count). The number of benzene rings is 3. The van der Waals surface area contributed by atoms with Crippen LogP contribution in [0.3, 0.4) is 0 Å². The number of nitrogens with one attached hydrogen (secondary N) is 1. The summed E-state index contributed by atoms with van der Waals surface area (Å²) < 4.78 is 1.87. The minimum absolute atomic E-state index is 0.180. The summed E-state index contributed by atoms with van der Waals surface area (Å²) in [5, 5.41) is 13.6. The molecular formula is C26H24Cl2N4OS. The molecule has 0 fully saturated rings. The first-order valence-electron chi connectivity index (χ1n) is 10.9. The molecule has 0 spiro atoms. The largest absolute Gasteiger partial charge is 0.342 e. The van der Waals surface area contributed by atoms with Gasteiger partial charge in [-0.3, -0.25) is 9.36 Å². The predicted molar refractivity (Wildman–Crippen MR) is 139 cm³/mol. The Bertz CT molecular complexity index is 1280. The van der Waals surface area contributed by atoms with Gasteiger partial charge in [0.2, 0.25) is 0 Å². The van der Waals surface area contributed by atoms with Crippen molar-refractivity contribution in [3.63, 3.8) is 0 Å². The third-order valence-electron chi connectivity index (χ3n) is 5.38. The highest BCUT2D eigenvalue weighted by molar-refractivity contribution is 7.98. The SMILES string of the molecule is CCc1ccc(C(=O)NC(C)c2nnc(SCc3ccccc3)n2-c2cc(Cl)ccc2Cl)cc1. The van der Waals surface area contributed by atoms with Crippen molar-refractivity contribution in [1.29, 1.82) is 0 Å². The van der Waals surface area contributed by atoms with E-state index in [9.17, 15) is 4.79 Å². The fourth-order valence-corrected chi connectivity index (χ4v) is 4.77. The number of amides is 1. The van der Waals surface area contributed by atoms with Crippen LogP contribution in [0.1, 0.15) is 47.2 Å². The van der Waals surface area contributed by atoms with E-state index in [1.54, 1.807) is 30.0 Å². The van der Waals surface area contributed by atoms with Crippen molar-refractivity contribution < 1.29 is 4.79 Å². The maximum Gasteiger partial charge on any atom is 0.251 e. The zero-order chi connectivity index (χ0) is 24.1. The van der Waals surface area contributed by atoms with E-state index in [-0.39, 0.29) is 5.91 Å². The molecule has 0 saturated heterocycles. The summed E-state index contributed by atoms with van der Waals surface area (Å²) in [4.78, 5) is 12.9. The van der Waals surface area contributed by atoms with Gasteiger partial charge in [-0.2, -0.15) is 0 Å². The summed E-state index contributed by atoms with van der Waals surface area (Å²) >= 11 is 14.4. The Morgan fingerprint density at radius 2 is 1.74 bits per heavy atom. The number of hydrogen-bond donors (Lipinski definition) is 1. The fourth-order valence-electron chi connectivity index (χ4n) is 3.50. The maximum atomic E-state index is 12.9. The Kier molecular flexibility index (Phi) is 7.93. The molecule has 3 aromatic carbocycles. The van der Waals surface area contributed by atoms with Crippen molar-refractivity contribution in [2.24, 2.45) is 0 Å². The smallest absolute Gasteiger partial charge is 0.251 e. The van der Waals surface area contributed by atoms with Crippen molar-refractivity contribution >= 4 is 40.9 Å². The predicted octanol–water partition coefficient (Wildman–Crippen LogP) is 6.92. The second kappa shape index (κ2) is 11.1. The Labute approximate surface area is 213 Å². The van der Waals surface area contributed by atoms with Crippen molar-refractivity contribution in [3.05, 3.63) is 105 Å². The van der Waals surface area contributed by atoms with Crippen LogP contribution in [0.4, 0.5) is 0 Å². The number of nitrogens with zero attached hydrogens (tertiary/aromatic N) is 3. The van der Waals surface area contributed by atoms with E-state index >= 15 is 0 Å². The van der Waals surface area contributed by atoms with E-state index in [0.717, 1.165) is 12.0 Å². The van der Waals surface area contributed by atoms with Crippen molar-refractivity contribution in [2.45, 2.75) is 37.2 Å². The molecule has 1 atom stereocenters. The molecule has 0 bridgehead atoms. The molecular weight excluding hydrogens is 487 g/mol. The Morgan fingerprint density at radius 1 is 1.00 bits per heavy atom. The highest BCUT2D eigenvalue weighted by Crippen LogP contribution is 2.32. The van der Waals surface area contributed by atoms with Crippen LogP contribution >= 0.6 is 35.0 Å². The third kappa shape index (κ3) is 5.63. The van der Waals surface area contributed by atoms with Gasteiger partial charge < -0.3 is 5.32 Å². The number of halogens is 2. The second-order valence-electron chi connectivity index (χ2n) is 7.79.